The summed E-state index contributed by atoms with van der Waals surface area (Å²) in [6, 6.07) is 14.3. The third kappa shape index (κ3) is 3.96. The maximum Gasteiger partial charge on any atom is 0.103 e. The van der Waals surface area contributed by atoms with Gasteiger partial charge in [-0.15, -0.1) is 0 Å². The molecule has 0 saturated heterocycles. The summed E-state index contributed by atoms with van der Waals surface area (Å²) in [6.45, 7) is 3.98. The summed E-state index contributed by atoms with van der Waals surface area (Å²) >= 11 is 1.46. The van der Waals surface area contributed by atoms with Crippen LogP contribution in [0, 0.1) is 29.6 Å². The zero-order valence-electron chi connectivity index (χ0n) is 19.1. The highest BCUT2D eigenvalue weighted by Gasteiger charge is 2.30. The van der Waals surface area contributed by atoms with Gasteiger partial charge in [0.05, 0.1) is 40.7 Å². The molecule has 1 saturated carbocycles. The Morgan fingerprint density at radius 1 is 1.06 bits per heavy atom. The molecule has 34 heavy (non-hydrogen) atoms. The lowest BCUT2D eigenvalue weighted by Crippen LogP contribution is -2.31. The van der Waals surface area contributed by atoms with Gasteiger partial charge in [0.25, 0.3) is 0 Å². The molecule has 3 aromatic heterocycles. The van der Waals surface area contributed by atoms with Crippen molar-refractivity contribution < 1.29 is 5.11 Å². The fraction of sp³-hybridized carbons (Fsp3) is 0.308. The van der Waals surface area contributed by atoms with Crippen molar-refractivity contribution in [3.8, 4) is 23.3 Å². The van der Waals surface area contributed by atoms with Gasteiger partial charge >= 0.3 is 0 Å². The van der Waals surface area contributed by atoms with Crippen LogP contribution in [0.25, 0.3) is 16.6 Å². The highest BCUT2D eigenvalue weighted by atomic mass is 32.2. The summed E-state index contributed by atoms with van der Waals surface area (Å²) in [6.07, 6.45) is 8.70. The van der Waals surface area contributed by atoms with E-state index in [1.165, 1.54) is 11.8 Å². The van der Waals surface area contributed by atoms with E-state index < -0.39 is 5.60 Å². The largest absolute Gasteiger partial charge is 0.390 e. The number of nitrogens with zero attached hydrogens (tertiary/aromatic N) is 6. The Kier molecular flexibility index (Phi) is 5.65. The van der Waals surface area contributed by atoms with Gasteiger partial charge in [-0.1, -0.05) is 23.9 Å². The molecular formula is C26H24N6OS. The van der Waals surface area contributed by atoms with Crippen LogP contribution in [0.1, 0.15) is 55.5 Å². The van der Waals surface area contributed by atoms with Gasteiger partial charge in [-0.05, 0) is 57.7 Å². The summed E-state index contributed by atoms with van der Waals surface area (Å²) in [5.74, 6) is 0. The Morgan fingerprint density at radius 3 is 2.53 bits per heavy atom. The Morgan fingerprint density at radius 2 is 1.79 bits per heavy atom. The first kappa shape index (κ1) is 22.2. The van der Waals surface area contributed by atoms with E-state index >= 15 is 0 Å². The average molecular weight is 469 g/mol. The van der Waals surface area contributed by atoms with Crippen LogP contribution in [0.2, 0.25) is 0 Å². The molecule has 0 unspecified atom stereocenters. The molecule has 8 heteroatoms. The summed E-state index contributed by atoms with van der Waals surface area (Å²) in [5, 5.41) is 38.6. The van der Waals surface area contributed by atoms with E-state index in [2.05, 4.69) is 34.9 Å². The van der Waals surface area contributed by atoms with E-state index in [1.54, 1.807) is 16.8 Å². The number of rotatable bonds is 4. The SMILES string of the molecule is Cc1c(-c2cc(Sc3ccccc3C#N)c3c(C#N)cnn3c2)cnn1[C@H]1CC[C@](C)(O)CC1. The van der Waals surface area contributed by atoms with Crippen LogP contribution in [-0.2, 0) is 0 Å². The normalized spacial score (nSPS) is 20.2. The first-order valence-corrected chi connectivity index (χ1v) is 12.1. The smallest absolute Gasteiger partial charge is 0.103 e. The Hall–Kier alpha value is -3.59. The minimum atomic E-state index is -0.587. The Balaban J connectivity index is 1.58. The predicted molar refractivity (Wildman–Crippen MR) is 129 cm³/mol. The molecule has 0 radical (unpaired) electrons. The number of aliphatic hydroxyl groups is 1. The first-order valence-electron chi connectivity index (χ1n) is 11.3. The highest BCUT2D eigenvalue weighted by molar-refractivity contribution is 7.99. The lowest BCUT2D eigenvalue weighted by Gasteiger charge is -2.33. The van der Waals surface area contributed by atoms with Crippen molar-refractivity contribution in [2.24, 2.45) is 0 Å². The molecule has 1 aromatic carbocycles. The van der Waals surface area contributed by atoms with Gasteiger partial charge in [0.1, 0.15) is 12.1 Å². The number of nitriles is 2. The van der Waals surface area contributed by atoms with Crippen molar-refractivity contribution >= 4 is 17.3 Å². The standard InChI is InChI=1S/C26H24N6OS/c1-17-22(15-30-32(17)21-7-9-26(2,33)10-8-21)19-11-24(25-20(13-28)14-29-31(25)16-19)34-23-6-4-3-5-18(23)12-27/h3-6,11,14-16,21,33H,7-10H2,1-2H3/t21-,26-. The number of fused-ring (bicyclic) bond motifs is 1. The van der Waals surface area contributed by atoms with Crippen molar-refractivity contribution in [2.45, 2.75) is 61.0 Å². The van der Waals surface area contributed by atoms with Gasteiger partial charge in [0, 0.05) is 32.8 Å². The second-order valence-electron chi connectivity index (χ2n) is 9.08. The molecule has 5 rings (SSSR count). The second kappa shape index (κ2) is 8.64. The minimum Gasteiger partial charge on any atom is -0.390 e. The van der Waals surface area contributed by atoms with Crippen LogP contribution in [-0.4, -0.2) is 30.1 Å². The van der Waals surface area contributed by atoms with Crippen molar-refractivity contribution in [3.63, 3.8) is 0 Å². The van der Waals surface area contributed by atoms with Gasteiger partial charge in [0.15, 0.2) is 0 Å². The molecular weight excluding hydrogens is 444 g/mol. The van der Waals surface area contributed by atoms with Crippen molar-refractivity contribution in [3.05, 3.63) is 65.7 Å². The fourth-order valence-corrected chi connectivity index (χ4v) is 5.79. The number of hydrogen-bond donors (Lipinski definition) is 1. The van der Waals surface area contributed by atoms with Crippen molar-refractivity contribution in [2.75, 3.05) is 0 Å². The average Bonchev–Trinajstić information content (AvgIpc) is 3.43. The molecule has 0 spiro atoms. The molecule has 0 atom stereocenters. The molecule has 3 heterocycles. The third-order valence-corrected chi connectivity index (χ3v) is 7.77. The zero-order chi connectivity index (χ0) is 23.9. The quantitative estimate of drug-likeness (QED) is 0.438. The molecule has 0 bridgehead atoms. The Bertz CT molecular complexity index is 1460. The monoisotopic (exact) mass is 468 g/mol. The van der Waals surface area contributed by atoms with Gasteiger partial charge in [-0.2, -0.15) is 20.7 Å². The van der Waals surface area contributed by atoms with Gasteiger partial charge in [-0.25, -0.2) is 4.52 Å². The lowest BCUT2D eigenvalue weighted by atomic mass is 9.83. The van der Waals surface area contributed by atoms with Gasteiger partial charge in [-0.3, -0.25) is 4.68 Å². The molecule has 0 amide bonds. The van der Waals surface area contributed by atoms with Gasteiger partial charge in [0.2, 0.25) is 0 Å². The molecule has 7 nitrogen and oxygen atoms in total. The topological polar surface area (TPSA) is 103 Å². The van der Waals surface area contributed by atoms with E-state index in [-0.39, 0.29) is 6.04 Å². The molecule has 1 N–H and O–H groups in total. The third-order valence-electron chi connectivity index (χ3n) is 6.66. The predicted octanol–water partition coefficient (Wildman–Crippen LogP) is 5.27. The van der Waals surface area contributed by atoms with Crippen molar-refractivity contribution in [1.29, 1.82) is 10.5 Å². The second-order valence-corrected chi connectivity index (χ2v) is 10.2. The van der Waals surface area contributed by atoms with E-state index in [1.807, 2.05) is 37.5 Å². The maximum atomic E-state index is 10.3. The highest BCUT2D eigenvalue weighted by Crippen LogP contribution is 2.39. The van der Waals surface area contributed by atoms with Crippen LogP contribution in [0.3, 0.4) is 0 Å². The number of hydrogen-bond acceptors (Lipinski definition) is 6. The summed E-state index contributed by atoms with van der Waals surface area (Å²) in [5.41, 5.74) is 4.23. The Labute approximate surface area is 202 Å². The molecule has 170 valence electrons. The van der Waals surface area contributed by atoms with Crippen LogP contribution in [0.15, 0.2) is 58.7 Å². The van der Waals surface area contributed by atoms with Crippen LogP contribution in [0.4, 0.5) is 0 Å². The van der Waals surface area contributed by atoms with Crippen molar-refractivity contribution in [1.82, 2.24) is 19.4 Å². The molecule has 4 aromatic rings. The summed E-state index contributed by atoms with van der Waals surface area (Å²) < 4.78 is 3.82. The van der Waals surface area contributed by atoms with E-state index in [4.69, 9.17) is 5.10 Å². The van der Waals surface area contributed by atoms with Gasteiger partial charge < -0.3 is 5.11 Å². The molecule has 0 aliphatic heterocycles. The first-order chi connectivity index (χ1) is 16.4. The van der Waals surface area contributed by atoms with Crippen LogP contribution < -0.4 is 0 Å². The number of aromatic nitrogens is 4. The maximum absolute atomic E-state index is 10.3. The lowest BCUT2D eigenvalue weighted by molar-refractivity contribution is 0.00826. The summed E-state index contributed by atoms with van der Waals surface area (Å²) in [4.78, 5) is 1.69. The van der Waals surface area contributed by atoms with E-state index in [0.717, 1.165) is 57.8 Å². The zero-order valence-corrected chi connectivity index (χ0v) is 19.9. The number of benzene rings is 1. The molecule has 1 fully saturated rings. The number of pyridine rings is 1. The van der Waals surface area contributed by atoms with Crippen LogP contribution >= 0.6 is 11.8 Å². The summed E-state index contributed by atoms with van der Waals surface area (Å²) in [7, 11) is 0. The molecule has 1 aliphatic carbocycles. The molecule has 1 aliphatic rings. The van der Waals surface area contributed by atoms with E-state index in [9.17, 15) is 15.6 Å². The van der Waals surface area contributed by atoms with Crippen LogP contribution in [0.5, 0.6) is 0 Å². The van der Waals surface area contributed by atoms with E-state index in [0.29, 0.717) is 11.1 Å². The fourth-order valence-electron chi connectivity index (χ4n) is 4.70. The minimum absolute atomic E-state index is 0.268.